The van der Waals surface area contributed by atoms with E-state index in [0.717, 1.165) is 0 Å². The molecule has 2 unspecified atom stereocenters. The van der Waals surface area contributed by atoms with E-state index in [4.69, 9.17) is 0 Å². The van der Waals surface area contributed by atoms with Gasteiger partial charge in [0.15, 0.2) is 0 Å². The molecule has 0 aromatic rings. The molecule has 2 aliphatic heterocycles. The lowest BCUT2D eigenvalue weighted by atomic mass is 10.1. The summed E-state index contributed by atoms with van der Waals surface area (Å²) < 4.78 is 0. The van der Waals surface area contributed by atoms with Crippen molar-refractivity contribution in [3.05, 3.63) is 11.0 Å². The summed E-state index contributed by atoms with van der Waals surface area (Å²) >= 11 is 1.71. The second-order valence-corrected chi connectivity index (χ2v) is 4.73. The van der Waals surface area contributed by atoms with Gasteiger partial charge in [0.2, 0.25) is 5.91 Å². The number of fused-ring (bicyclic) bond motifs is 1. The van der Waals surface area contributed by atoms with E-state index in [2.05, 4.69) is 24.2 Å². The molecule has 2 aliphatic rings. The van der Waals surface area contributed by atoms with Crippen LogP contribution in [0.3, 0.4) is 0 Å². The minimum absolute atomic E-state index is 0.0487. The molecule has 1 amide bonds. The molecule has 4 heteroatoms. The van der Waals surface area contributed by atoms with Crippen LogP contribution >= 0.6 is 11.8 Å². The van der Waals surface area contributed by atoms with Gasteiger partial charge in [-0.1, -0.05) is 19.9 Å². The highest BCUT2D eigenvalue weighted by atomic mass is 32.2. The molecule has 0 aliphatic carbocycles. The molecule has 0 spiro atoms. The zero-order chi connectivity index (χ0) is 9.42. The predicted octanol–water partition coefficient (Wildman–Crippen LogP) is 1.37. The lowest BCUT2D eigenvalue weighted by molar-refractivity contribution is -0.122. The number of carbonyl (C=O) groups is 1. The number of rotatable bonds is 1. The molecule has 0 fully saturated rings. The average Bonchev–Trinajstić information content (AvgIpc) is 2.49. The molecule has 0 aromatic heterocycles. The van der Waals surface area contributed by atoms with E-state index < -0.39 is 0 Å². The first-order valence-corrected chi connectivity index (χ1v) is 5.27. The highest BCUT2D eigenvalue weighted by molar-refractivity contribution is 8.04. The van der Waals surface area contributed by atoms with Crippen molar-refractivity contribution in [3.8, 4) is 0 Å². The third-order valence-electron chi connectivity index (χ3n) is 2.21. The SMILES string of the molecule is CC(C)C1=CC2C(=O)NC=NC2S1. The standard InChI is InChI=1S/C9H12N2OS/c1-5(2)7-3-6-8(12)10-4-11-9(6)13-7/h3-6,9H,1-2H3,(H,10,11,12). The number of amides is 1. The van der Waals surface area contributed by atoms with Crippen LogP contribution in [0.2, 0.25) is 0 Å². The van der Waals surface area contributed by atoms with Gasteiger partial charge in [-0.15, -0.1) is 11.8 Å². The molecule has 70 valence electrons. The van der Waals surface area contributed by atoms with Crippen LogP contribution in [0.15, 0.2) is 16.0 Å². The van der Waals surface area contributed by atoms with Crippen molar-refractivity contribution in [2.24, 2.45) is 16.8 Å². The van der Waals surface area contributed by atoms with Crippen LogP contribution < -0.4 is 5.32 Å². The first-order valence-electron chi connectivity index (χ1n) is 4.39. The Morgan fingerprint density at radius 1 is 1.62 bits per heavy atom. The third kappa shape index (κ3) is 1.50. The molecule has 13 heavy (non-hydrogen) atoms. The maximum atomic E-state index is 11.4. The van der Waals surface area contributed by atoms with Gasteiger partial charge in [0.1, 0.15) is 5.37 Å². The van der Waals surface area contributed by atoms with Crippen LogP contribution in [0.25, 0.3) is 0 Å². The van der Waals surface area contributed by atoms with Crippen LogP contribution in [0, 0.1) is 11.8 Å². The first kappa shape index (κ1) is 8.81. The first-order chi connectivity index (χ1) is 6.18. The van der Waals surface area contributed by atoms with Crippen molar-refractivity contribution in [2.45, 2.75) is 19.2 Å². The van der Waals surface area contributed by atoms with Gasteiger partial charge in [0.05, 0.1) is 12.3 Å². The maximum absolute atomic E-state index is 11.4. The van der Waals surface area contributed by atoms with Crippen molar-refractivity contribution >= 4 is 24.0 Å². The number of aliphatic imine (C=N–C) groups is 1. The number of carbonyl (C=O) groups excluding carboxylic acids is 1. The van der Waals surface area contributed by atoms with Crippen molar-refractivity contribution < 1.29 is 4.79 Å². The van der Waals surface area contributed by atoms with Crippen molar-refractivity contribution in [1.82, 2.24) is 5.32 Å². The minimum atomic E-state index is -0.0487. The van der Waals surface area contributed by atoms with Crippen LogP contribution in [0.1, 0.15) is 13.8 Å². The fourth-order valence-electron chi connectivity index (χ4n) is 1.44. The zero-order valence-corrected chi connectivity index (χ0v) is 8.47. The fraction of sp³-hybridized carbons (Fsp3) is 0.556. The Hall–Kier alpha value is -0.770. The van der Waals surface area contributed by atoms with Gasteiger partial charge in [-0.3, -0.25) is 9.79 Å². The molecule has 1 N–H and O–H groups in total. The molecule has 2 rings (SSSR count). The molecule has 0 saturated carbocycles. The second kappa shape index (κ2) is 3.18. The van der Waals surface area contributed by atoms with E-state index in [1.54, 1.807) is 11.8 Å². The molecule has 3 nitrogen and oxygen atoms in total. The Labute approximate surface area is 81.7 Å². The molecule has 0 bridgehead atoms. The van der Waals surface area contributed by atoms with E-state index in [-0.39, 0.29) is 17.2 Å². The summed E-state index contributed by atoms with van der Waals surface area (Å²) in [6.45, 7) is 4.27. The number of hydrogen-bond acceptors (Lipinski definition) is 3. The van der Waals surface area contributed by atoms with Crippen LogP contribution in [-0.2, 0) is 4.79 Å². The van der Waals surface area contributed by atoms with E-state index in [1.165, 1.54) is 11.2 Å². The lowest BCUT2D eigenvalue weighted by Crippen LogP contribution is -2.36. The van der Waals surface area contributed by atoms with E-state index >= 15 is 0 Å². The second-order valence-electron chi connectivity index (χ2n) is 3.54. The van der Waals surface area contributed by atoms with E-state index in [9.17, 15) is 4.79 Å². The summed E-state index contributed by atoms with van der Waals surface area (Å²) in [5, 5.41) is 2.71. The van der Waals surface area contributed by atoms with E-state index in [0.29, 0.717) is 5.92 Å². The Bertz CT molecular complexity index is 296. The topological polar surface area (TPSA) is 41.5 Å². The monoisotopic (exact) mass is 196 g/mol. The number of nitrogens with zero attached hydrogens (tertiary/aromatic N) is 1. The normalized spacial score (nSPS) is 31.6. The third-order valence-corrected chi connectivity index (χ3v) is 3.74. The van der Waals surface area contributed by atoms with Crippen molar-refractivity contribution in [2.75, 3.05) is 0 Å². The highest BCUT2D eigenvalue weighted by Gasteiger charge is 2.35. The summed E-state index contributed by atoms with van der Waals surface area (Å²) in [5.41, 5.74) is 0. The molecule has 2 atom stereocenters. The van der Waals surface area contributed by atoms with Gasteiger partial charge in [0.25, 0.3) is 0 Å². The number of allylic oxidation sites excluding steroid dienone is 1. The van der Waals surface area contributed by atoms with Gasteiger partial charge in [-0.25, -0.2) is 0 Å². The summed E-state index contributed by atoms with van der Waals surface area (Å²) in [6.07, 6.45) is 3.56. The van der Waals surface area contributed by atoms with E-state index in [1.807, 2.05) is 6.08 Å². The minimum Gasteiger partial charge on any atom is -0.317 e. The van der Waals surface area contributed by atoms with Crippen molar-refractivity contribution in [1.29, 1.82) is 0 Å². The van der Waals surface area contributed by atoms with Crippen molar-refractivity contribution in [3.63, 3.8) is 0 Å². The smallest absolute Gasteiger partial charge is 0.235 e. The number of nitrogens with one attached hydrogen (secondary N) is 1. The van der Waals surface area contributed by atoms with Crippen LogP contribution in [0.4, 0.5) is 0 Å². The Morgan fingerprint density at radius 2 is 2.38 bits per heavy atom. The van der Waals surface area contributed by atoms with Crippen LogP contribution in [-0.4, -0.2) is 17.6 Å². The highest BCUT2D eigenvalue weighted by Crippen LogP contribution is 2.41. The Morgan fingerprint density at radius 3 is 3.00 bits per heavy atom. The molecule has 0 aromatic carbocycles. The summed E-state index contributed by atoms with van der Waals surface area (Å²) in [7, 11) is 0. The Kier molecular flexibility index (Phi) is 2.15. The van der Waals surface area contributed by atoms with Crippen LogP contribution in [0.5, 0.6) is 0 Å². The predicted molar refractivity (Wildman–Crippen MR) is 54.4 cm³/mol. The van der Waals surface area contributed by atoms with Gasteiger partial charge in [-0.2, -0.15) is 0 Å². The largest absolute Gasteiger partial charge is 0.317 e. The van der Waals surface area contributed by atoms with Gasteiger partial charge >= 0.3 is 0 Å². The summed E-state index contributed by atoms with van der Waals surface area (Å²) in [6, 6.07) is 0. The Balaban J connectivity index is 2.21. The summed E-state index contributed by atoms with van der Waals surface area (Å²) in [4.78, 5) is 16.9. The molecular formula is C9H12N2OS. The molecule has 0 radical (unpaired) electrons. The quantitative estimate of drug-likeness (QED) is 0.688. The molecule has 0 saturated heterocycles. The average molecular weight is 196 g/mol. The molecule has 2 heterocycles. The maximum Gasteiger partial charge on any atom is 0.235 e. The number of thioether (sulfide) groups is 1. The van der Waals surface area contributed by atoms with Gasteiger partial charge in [0, 0.05) is 0 Å². The summed E-state index contributed by atoms with van der Waals surface area (Å²) in [5.74, 6) is 0.522. The lowest BCUT2D eigenvalue weighted by Gasteiger charge is -2.17. The van der Waals surface area contributed by atoms with Gasteiger partial charge < -0.3 is 5.32 Å². The number of hydrogen-bond donors (Lipinski definition) is 1. The molecular weight excluding hydrogens is 184 g/mol. The zero-order valence-electron chi connectivity index (χ0n) is 7.65. The van der Waals surface area contributed by atoms with Gasteiger partial charge in [-0.05, 0) is 10.8 Å². The fourth-order valence-corrected chi connectivity index (χ4v) is 2.69.